The monoisotopic (exact) mass is 367 g/mol. The molecule has 1 atom stereocenters. The summed E-state index contributed by atoms with van der Waals surface area (Å²) in [5.74, 6) is 0. The molecule has 0 spiro atoms. The lowest BCUT2D eigenvalue weighted by atomic mass is 10.0. The van der Waals surface area contributed by atoms with Gasteiger partial charge in [0, 0.05) is 0 Å². The van der Waals surface area contributed by atoms with E-state index in [9.17, 15) is 0 Å². The maximum Gasteiger partial charge on any atom is 0.0757 e. The predicted molar refractivity (Wildman–Crippen MR) is 120 cm³/mol. The predicted octanol–water partition coefficient (Wildman–Crippen LogP) is 7.30. The summed E-state index contributed by atoms with van der Waals surface area (Å²) in [6.45, 7) is 6.34. The molecule has 0 radical (unpaired) electrons. The number of unbranched alkanes of at least 4 members (excludes halogenated alkanes) is 15. The molecule has 150 valence electrons. The Kier molecular flexibility index (Phi) is 20.2. The zero-order valence-electron chi connectivity index (χ0n) is 18.0. The normalized spacial score (nSPS) is 12.6. The molecule has 0 aromatic heterocycles. The van der Waals surface area contributed by atoms with Gasteiger partial charge in [-0.2, -0.15) is 0 Å². The number of rotatable bonds is 20. The maximum atomic E-state index is 4.04. The van der Waals surface area contributed by atoms with Crippen molar-refractivity contribution in [3.8, 4) is 0 Å². The average molecular weight is 368 g/mol. The molecule has 1 nitrogen and oxygen atoms in total. The Labute approximate surface area is 162 Å². The molecule has 0 saturated carbocycles. The van der Waals surface area contributed by atoms with E-state index in [-0.39, 0.29) is 0 Å². The van der Waals surface area contributed by atoms with Crippen LogP contribution >= 0.6 is 0 Å². The molecule has 0 rings (SSSR count). The molecule has 0 heterocycles. The number of hydrogen-bond acceptors (Lipinski definition) is 1. The molecule has 2 heteroatoms. The maximum absolute atomic E-state index is 4.04. The van der Waals surface area contributed by atoms with Gasteiger partial charge < -0.3 is 4.90 Å². The van der Waals surface area contributed by atoms with Crippen LogP contribution in [0.25, 0.3) is 0 Å². The second kappa shape index (κ2) is 20.2. The highest BCUT2D eigenvalue weighted by atomic mass is 28.3. The van der Waals surface area contributed by atoms with Gasteiger partial charge in [-0.05, 0) is 20.3 Å². The van der Waals surface area contributed by atoms with Crippen LogP contribution in [0.3, 0.4) is 0 Å². The zero-order chi connectivity index (χ0) is 18.6. The Morgan fingerprint density at radius 1 is 0.640 bits per heavy atom. The van der Waals surface area contributed by atoms with Crippen LogP contribution in [0.15, 0.2) is 12.3 Å². The van der Waals surface area contributed by atoms with Gasteiger partial charge in [0.2, 0.25) is 0 Å². The molecular formula is C23H49NSi. The largest absolute Gasteiger partial charge is 0.312 e. The van der Waals surface area contributed by atoms with Gasteiger partial charge in [-0.25, -0.2) is 0 Å². The van der Waals surface area contributed by atoms with Crippen LogP contribution in [-0.4, -0.2) is 34.0 Å². The molecule has 0 aliphatic heterocycles. The summed E-state index contributed by atoms with van der Waals surface area (Å²) in [5.41, 5.74) is 2.28. The van der Waals surface area contributed by atoms with Gasteiger partial charge >= 0.3 is 0 Å². The van der Waals surface area contributed by atoms with Crippen LogP contribution in [0, 0.1) is 0 Å². The van der Waals surface area contributed by atoms with Crippen LogP contribution in [0.2, 0.25) is 6.04 Å². The van der Waals surface area contributed by atoms with Crippen molar-refractivity contribution in [3.05, 3.63) is 12.3 Å². The van der Waals surface area contributed by atoms with Crippen molar-refractivity contribution in [2.45, 2.75) is 116 Å². The van der Waals surface area contributed by atoms with Crippen molar-refractivity contribution in [1.82, 2.24) is 4.90 Å². The second-order valence-corrected chi connectivity index (χ2v) is 11.3. The summed E-state index contributed by atoms with van der Waals surface area (Å²) < 4.78 is 0. The van der Waals surface area contributed by atoms with E-state index in [1.807, 2.05) is 0 Å². The van der Waals surface area contributed by atoms with Crippen molar-refractivity contribution in [2.75, 3.05) is 20.3 Å². The lowest BCUT2D eigenvalue weighted by Gasteiger charge is -2.16. The molecule has 0 bridgehead atoms. The minimum absolute atomic E-state index is 0.674. The summed E-state index contributed by atoms with van der Waals surface area (Å²) in [6, 6.07) is 1.46. The van der Waals surface area contributed by atoms with Crippen LogP contribution in [0.5, 0.6) is 0 Å². The fraction of sp³-hybridized carbons (Fsp3) is 0.913. The first-order valence-corrected chi connectivity index (χ1v) is 13.8. The van der Waals surface area contributed by atoms with Crippen molar-refractivity contribution in [1.29, 1.82) is 0 Å². The first-order valence-electron chi connectivity index (χ1n) is 11.5. The highest BCUT2D eigenvalue weighted by Crippen LogP contribution is 2.14. The zero-order valence-corrected chi connectivity index (χ0v) is 19.2. The lowest BCUT2D eigenvalue weighted by molar-refractivity contribution is 0.473. The molecule has 0 saturated heterocycles. The molecular weight excluding hydrogens is 318 g/mol. The van der Waals surface area contributed by atoms with E-state index in [4.69, 9.17) is 0 Å². The second-order valence-electron chi connectivity index (χ2n) is 8.35. The third-order valence-electron chi connectivity index (χ3n) is 5.36. The van der Waals surface area contributed by atoms with E-state index in [2.05, 4.69) is 38.2 Å². The molecule has 0 amide bonds. The molecule has 0 aromatic rings. The van der Waals surface area contributed by atoms with E-state index < -0.39 is 8.80 Å². The Balaban J connectivity index is 3.15. The molecule has 0 aliphatic carbocycles. The van der Waals surface area contributed by atoms with Gasteiger partial charge in [-0.1, -0.05) is 116 Å². The van der Waals surface area contributed by atoms with Crippen molar-refractivity contribution < 1.29 is 0 Å². The van der Waals surface area contributed by atoms with Gasteiger partial charge in [0.25, 0.3) is 0 Å². The summed E-state index contributed by atoms with van der Waals surface area (Å²) in [5, 5.41) is 0. The molecule has 1 unspecified atom stereocenters. The van der Waals surface area contributed by atoms with E-state index in [0.29, 0.717) is 0 Å². The number of nitrogens with zero attached hydrogens (tertiary/aromatic N) is 1. The van der Waals surface area contributed by atoms with Crippen LogP contribution in [0.4, 0.5) is 0 Å². The van der Waals surface area contributed by atoms with Gasteiger partial charge in [0.15, 0.2) is 0 Å². The molecule has 25 heavy (non-hydrogen) atoms. The molecule has 0 aliphatic rings. The SMILES string of the molecule is C=C[SiH](CCCCCCCCCCCCCCCCCC)CN(C)C. The van der Waals surface area contributed by atoms with Crippen molar-refractivity contribution in [2.24, 2.45) is 0 Å². The Hall–Kier alpha value is -0.0831. The van der Waals surface area contributed by atoms with Crippen molar-refractivity contribution >= 4 is 8.80 Å². The highest BCUT2D eigenvalue weighted by Gasteiger charge is 2.06. The van der Waals surface area contributed by atoms with Crippen LogP contribution in [0.1, 0.15) is 110 Å². The fourth-order valence-electron chi connectivity index (χ4n) is 3.71. The summed E-state index contributed by atoms with van der Waals surface area (Å²) in [7, 11) is 3.71. The van der Waals surface area contributed by atoms with Gasteiger partial charge in [-0.15, -0.1) is 12.3 Å². The summed E-state index contributed by atoms with van der Waals surface area (Å²) >= 11 is 0. The van der Waals surface area contributed by atoms with Crippen molar-refractivity contribution in [3.63, 3.8) is 0 Å². The van der Waals surface area contributed by atoms with Crippen LogP contribution < -0.4 is 0 Å². The third-order valence-corrected chi connectivity index (χ3v) is 8.38. The fourth-order valence-corrected chi connectivity index (χ4v) is 6.03. The van der Waals surface area contributed by atoms with Gasteiger partial charge in [-0.3, -0.25) is 0 Å². The van der Waals surface area contributed by atoms with E-state index in [1.165, 1.54) is 115 Å². The first-order chi connectivity index (χ1) is 12.2. The average Bonchev–Trinajstić information content (AvgIpc) is 2.60. The molecule has 0 aromatic carbocycles. The Morgan fingerprint density at radius 3 is 1.32 bits per heavy atom. The molecule has 0 N–H and O–H groups in total. The smallest absolute Gasteiger partial charge is 0.0757 e. The van der Waals surface area contributed by atoms with E-state index in [0.717, 1.165) is 0 Å². The highest BCUT2D eigenvalue weighted by molar-refractivity contribution is 6.64. The van der Waals surface area contributed by atoms with Gasteiger partial charge in [0.05, 0.1) is 8.80 Å². The third kappa shape index (κ3) is 20.1. The topological polar surface area (TPSA) is 3.24 Å². The van der Waals surface area contributed by atoms with Gasteiger partial charge in [0.1, 0.15) is 0 Å². The standard InChI is InChI=1S/C23H49NSi/c1-5-7-8-9-10-11-12-13-14-15-16-17-18-19-20-21-22-25(6-2)23-24(3)4/h6,25H,2,5,7-23H2,1,3-4H3. The minimum Gasteiger partial charge on any atom is -0.312 e. The summed E-state index contributed by atoms with van der Waals surface area (Å²) in [4.78, 5) is 2.34. The minimum atomic E-state index is -0.674. The lowest BCUT2D eigenvalue weighted by Crippen LogP contribution is -2.28. The Morgan fingerprint density at radius 2 is 1.00 bits per heavy atom. The summed E-state index contributed by atoms with van der Waals surface area (Å²) in [6.07, 6.45) is 24.6. The quantitative estimate of drug-likeness (QED) is 0.161. The molecule has 0 fully saturated rings. The van der Waals surface area contributed by atoms with E-state index in [1.54, 1.807) is 0 Å². The Bertz CT molecular complexity index is 265. The van der Waals surface area contributed by atoms with Crippen LogP contribution in [-0.2, 0) is 0 Å². The number of hydrogen-bond donors (Lipinski definition) is 0. The van der Waals surface area contributed by atoms with E-state index >= 15 is 0 Å². The first kappa shape index (κ1) is 24.9.